The topological polar surface area (TPSA) is 126 Å². The molecule has 3 aromatic rings. The zero-order valence-electron chi connectivity index (χ0n) is 19.3. The Bertz CT molecular complexity index is 1390. The Labute approximate surface area is 213 Å². The van der Waals surface area contributed by atoms with Crippen molar-refractivity contribution in [2.24, 2.45) is 5.10 Å². The van der Waals surface area contributed by atoms with Crippen molar-refractivity contribution in [1.29, 1.82) is 0 Å². The van der Waals surface area contributed by atoms with E-state index in [4.69, 9.17) is 16.3 Å². The third-order valence-corrected chi connectivity index (χ3v) is 7.32. The minimum atomic E-state index is -4.24. The molecule has 188 valence electrons. The highest BCUT2D eigenvalue weighted by molar-refractivity contribution is 7.93. The van der Waals surface area contributed by atoms with Gasteiger partial charge < -0.3 is 9.64 Å². The predicted octanol–water partition coefficient (Wildman–Crippen LogP) is 4.72. The van der Waals surface area contributed by atoms with Crippen molar-refractivity contribution in [1.82, 2.24) is 0 Å². The number of anilines is 3. The summed E-state index contributed by atoms with van der Waals surface area (Å²) in [6.45, 7) is 4.81. The second-order valence-corrected chi connectivity index (χ2v) is 10.0. The van der Waals surface area contributed by atoms with E-state index in [1.165, 1.54) is 24.3 Å². The number of rotatable bonds is 8. The molecule has 4 rings (SSSR count). The fourth-order valence-electron chi connectivity index (χ4n) is 3.63. The van der Waals surface area contributed by atoms with Crippen LogP contribution in [0.5, 0.6) is 0 Å². The van der Waals surface area contributed by atoms with E-state index >= 15 is 0 Å². The molecule has 1 fully saturated rings. The number of ether oxygens (including phenoxy) is 1. The van der Waals surface area contributed by atoms with E-state index < -0.39 is 14.9 Å². The molecule has 1 aliphatic rings. The van der Waals surface area contributed by atoms with E-state index in [0.29, 0.717) is 18.9 Å². The molecule has 0 bridgehead atoms. The Morgan fingerprint density at radius 3 is 2.42 bits per heavy atom. The summed E-state index contributed by atoms with van der Waals surface area (Å²) in [5.41, 5.74) is 5.11. The Morgan fingerprint density at radius 2 is 1.75 bits per heavy atom. The first-order valence-corrected chi connectivity index (χ1v) is 12.9. The highest BCUT2D eigenvalue weighted by Gasteiger charge is 2.23. The van der Waals surface area contributed by atoms with Gasteiger partial charge in [0, 0.05) is 30.9 Å². The third-order valence-electron chi connectivity index (χ3n) is 5.59. The number of sulfonamides is 1. The molecule has 1 aliphatic heterocycles. The number of para-hydroxylation sites is 1. The maximum atomic E-state index is 13.2. The largest absolute Gasteiger partial charge is 0.378 e. The van der Waals surface area contributed by atoms with Crippen LogP contribution in [0.1, 0.15) is 12.5 Å². The average molecular weight is 530 g/mol. The van der Waals surface area contributed by atoms with E-state index in [2.05, 4.69) is 20.1 Å². The lowest BCUT2D eigenvalue weighted by Crippen LogP contribution is -2.36. The molecule has 0 radical (unpaired) electrons. The number of non-ortho nitro benzene ring substituents is 1. The molecule has 2 N–H and O–H groups in total. The number of nitrogens with zero attached hydrogens (tertiary/aromatic N) is 3. The average Bonchev–Trinajstić information content (AvgIpc) is 2.89. The van der Waals surface area contributed by atoms with Crippen LogP contribution >= 0.6 is 11.6 Å². The van der Waals surface area contributed by atoms with Crippen molar-refractivity contribution in [3.63, 3.8) is 0 Å². The van der Waals surface area contributed by atoms with Gasteiger partial charge in [0.15, 0.2) is 0 Å². The Morgan fingerprint density at radius 1 is 1.06 bits per heavy atom. The lowest BCUT2D eigenvalue weighted by molar-refractivity contribution is -0.385. The normalized spacial score (nSPS) is 14.4. The van der Waals surface area contributed by atoms with Crippen LogP contribution in [0.3, 0.4) is 0 Å². The van der Waals surface area contributed by atoms with Gasteiger partial charge in [0.25, 0.3) is 15.7 Å². The number of benzene rings is 3. The SMILES string of the molecule is CC(=NNc1ccc([N+](=O)[O-])cc1S(=O)(=O)Nc1ccccc1Cl)c1ccc(N2CCOCC2)cc1. The number of nitrogens with one attached hydrogen (secondary N) is 2. The summed E-state index contributed by atoms with van der Waals surface area (Å²) >= 11 is 6.09. The number of nitro benzene ring substituents is 1. The van der Waals surface area contributed by atoms with E-state index in [0.717, 1.165) is 30.4 Å². The molecule has 0 amide bonds. The highest BCUT2D eigenvalue weighted by Crippen LogP contribution is 2.30. The summed E-state index contributed by atoms with van der Waals surface area (Å²) in [6, 6.07) is 17.6. The number of hydrogen-bond donors (Lipinski definition) is 2. The van der Waals surface area contributed by atoms with Gasteiger partial charge in [0.2, 0.25) is 0 Å². The van der Waals surface area contributed by atoms with Gasteiger partial charge in [-0.2, -0.15) is 5.10 Å². The van der Waals surface area contributed by atoms with E-state index in [1.807, 2.05) is 24.3 Å². The minimum Gasteiger partial charge on any atom is -0.378 e. The number of morpholine rings is 1. The van der Waals surface area contributed by atoms with Crippen LogP contribution in [0.25, 0.3) is 0 Å². The lowest BCUT2D eigenvalue weighted by atomic mass is 10.1. The van der Waals surface area contributed by atoms with Crippen molar-refractivity contribution in [3.05, 3.63) is 87.4 Å². The molecule has 0 aromatic heterocycles. The van der Waals surface area contributed by atoms with Crippen LogP contribution in [-0.4, -0.2) is 45.4 Å². The first-order chi connectivity index (χ1) is 17.2. The van der Waals surface area contributed by atoms with Crippen molar-refractivity contribution in [2.75, 3.05) is 41.4 Å². The maximum absolute atomic E-state index is 13.2. The molecular weight excluding hydrogens is 506 g/mol. The Hall–Kier alpha value is -3.67. The van der Waals surface area contributed by atoms with Gasteiger partial charge in [0.1, 0.15) is 4.90 Å². The van der Waals surface area contributed by atoms with Crippen molar-refractivity contribution in [3.8, 4) is 0 Å². The molecule has 12 heteroatoms. The van der Waals surface area contributed by atoms with Gasteiger partial charge in [-0.1, -0.05) is 35.9 Å². The van der Waals surface area contributed by atoms with Gasteiger partial charge in [-0.25, -0.2) is 8.42 Å². The third kappa shape index (κ3) is 5.93. The number of halogens is 1. The van der Waals surface area contributed by atoms with Crippen LogP contribution < -0.4 is 15.0 Å². The molecule has 10 nitrogen and oxygen atoms in total. The van der Waals surface area contributed by atoms with Gasteiger partial charge in [-0.15, -0.1) is 0 Å². The molecule has 1 heterocycles. The summed E-state index contributed by atoms with van der Waals surface area (Å²) in [7, 11) is -4.24. The summed E-state index contributed by atoms with van der Waals surface area (Å²) in [5.74, 6) is 0. The van der Waals surface area contributed by atoms with Crippen molar-refractivity contribution in [2.45, 2.75) is 11.8 Å². The molecule has 3 aromatic carbocycles. The fourth-order valence-corrected chi connectivity index (χ4v) is 5.12. The number of hydrogen-bond acceptors (Lipinski definition) is 8. The summed E-state index contributed by atoms with van der Waals surface area (Å²) in [4.78, 5) is 12.5. The minimum absolute atomic E-state index is 0.0736. The molecule has 0 atom stereocenters. The van der Waals surface area contributed by atoms with E-state index in [9.17, 15) is 18.5 Å². The molecule has 0 aliphatic carbocycles. The summed E-state index contributed by atoms with van der Waals surface area (Å²) in [5, 5.41) is 15.8. The summed E-state index contributed by atoms with van der Waals surface area (Å²) in [6.07, 6.45) is 0. The monoisotopic (exact) mass is 529 g/mol. The highest BCUT2D eigenvalue weighted by atomic mass is 35.5. The molecule has 1 saturated heterocycles. The predicted molar refractivity (Wildman–Crippen MR) is 141 cm³/mol. The van der Waals surface area contributed by atoms with Crippen molar-refractivity contribution < 1.29 is 18.1 Å². The second-order valence-electron chi connectivity index (χ2n) is 7.98. The number of nitro groups is 1. The molecule has 0 unspecified atom stereocenters. The molecule has 36 heavy (non-hydrogen) atoms. The molecule has 0 saturated carbocycles. The first kappa shape index (κ1) is 25.4. The fraction of sp³-hybridized carbons (Fsp3) is 0.208. The lowest BCUT2D eigenvalue weighted by Gasteiger charge is -2.28. The van der Waals surface area contributed by atoms with Crippen LogP contribution in [-0.2, 0) is 14.8 Å². The zero-order chi connectivity index (χ0) is 25.7. The Kier molecular flexibility index (Phi) is 7.73. The van der Waals surface area contributed by atoms with Crippen LogP contribution in [0.4, 0.5) is 22.7 Å². The molecule has 0 spiro atoms. The second kappa shape index (κ2) is 10.9. The van der Waals surface area contributed by atoms with Crippen LogP contribution in [0, 0.1) is 10.1 Å². The maximum Gasteiger partial charge on any atom is 0.270 e. The van der Waals surface area contributed by atoms with Gasteiger partial charge in [0.05, 0.1) is 40.2 Å². The van der Waals surface area contributed by atoms with E-state index in [1.54, 1.807) is 19.1 Å². The van der Waals surface area contributed by atoms with Crippen molar-refractivity contribution >= 4 is 50.1 Å². The number of hydrazone groups is 1. The smallest absolute Gasteiger partial charge is 0.270 e. The Balaban J connectivity index is 1.59. The van der Waals surface area contributed by atoms with Crippen LogP contribution in [0.15, 0.2) is 76.7 Å². The van der Waals surface area contributed by atoms with Gasteiger partial charge in [-0.05, 0) is 42.8 Å². The van der Waals surface area contributed by atoms with Crippen LogP contribution in [0.2, 0.25) is 5.02 Å². The van der Waals surface area contributed by atoms with Gasteiger partial charge >= 0.3 is 0 Å². The standard InChI is InChI=1S/C24H24ClN5O5S/c1-17(18-6-8-19(9-7-18)29-12-14-35-15-13-29)26-27-23-11-10-20(30(31)32)16-24(23)36(33,34)28-22-5-3-2-4-21(22)25/h2-11,16,27-28H,12-15H2,1H3. The quantitative estimate of drug-likeness (QED) is 0.245. The first-order valence-electron chi connectivity index (χ1n) is 11.0. The van der Waals surface area contributed by atoms with E-state index in [-0.39, 0.29) is 27.0 Å². The van der Waals surface area contributed by atoms with Gasteiger partial charge in [-0.3, -0.25) is 20.3 Å². The molecular formula is C24H24ClN5O5S. The zero-order valence-corrected chi connectivity index (χ0v) is 20.9. The summed E-state index contributed by atoms with van der Waals surface area (Å²) < 4.78 is 34.1.